The molecule has 0 fully saturated rings. The summed E-state index contributed by atoms with van der Waals surface area (Å²) in [7, 11) is 0. The lowest BCUT2D eigenvalue weighted by Gasteiger charge is -2.23. The summed E-state index contributed by atoms with van der Waals surface area (Å²) in [4.78, 5) is 11.7. The van der Waals surface area contributed by atoms with Gasteiger partial charge in [0, 0.05) is 13.0 Å². The first-order valence-corrected chi connectivity index (χ1v) is 5.85. The summed E-state index contributed by atoms with van der Waals surface area (Å²) >= 11 is 0. The quantitative estimate of drug-likeness (QED) is 0.601. The third-order valence-corrected chi connectivity index (χ3v) is 2.64. The number of carbonyl (C=O) groups is 1. The number of ether oxygens (including phenoxy) is 1. The molecule has 2 heteroatoms. The minimum Gasteiger partial charge on any atom is -0.370 e. The topological polar surface area (TPSA) is 26.3 Å². The normalized spacial score (nSPS) is 13.2. The Labute approximate surface area is 88.0 Å². The minimum atomic E-state index is -0.157. The summed E-state index contributed by atoms with van der Waals surface area (Å²) in [5.41, 5.74) is 0. The highest BCUT2D eigenvalue weighted by molar-refractivity contribution is 5.83. The number of rotatable bonds is 8. The Morgan fingerprint density at radius 2 is 1.71 bits per heavy atom. The molecule has 0 saturated heterocycles. The van der Waals surface area contributed by atoms with Crippen LogP contribution in [0, 0.1) is 5.92 Å². The molecule has 0 saturated carbocycles. The predicted octanol–water partition coefficient (Wildman–Crippen LogP) is 3.20. The summed E-state index contributed by atoms with van der Waals surface area (Å²) in [6, 6.07) is 0. The molecule has 0 aromatic heterocycles. The van der Waals surface area contributed by atoms with Gasteiger partial charge >= 0.3 is 0 Å². The first kappa shape index (κ1) is 13.6. The van der Waals surface area contributed by atoms with Crippen LogP contribution in [-0.4, -0.2) is 18.5 Å². The third-order valence-electron chi connectivity index (χ3n) is 2.64. The van der Waals surface area contributed by atoms with Gasteiger partial charge in [-0.05, 0) is 12.3 Å². The van der Waals surface area contributed by atoms with Gasteiger partial charge in [-0.15, -0.1) is 0 Å². The van der Waals surface area contributed by atoms with E-state index in [1.54, 1.807) is 0 Å². The van der Waals surface area contributed by atoms with Crippen LogP contribution < -0.4 is 0 Å². The Morgan fingerprint density at radius 1 is 1.14 bits per heavy atom. The van der Waals surface area contributed by atoms with Crippen LogP contribution in [0.4, 0.5) is 0 Å². The second kappa shape index (κ2) is 7.98. The molecule has 14 heavy (non-hydrogen) atoms. The molecule has 1 atom stereocenters. The highest BCUT2D eigenvalue weighted by Gasteiger charge is 2.24. The Bertz CT molecular complexity index is 150. The molecule has 0 aliphatic rings. The van der Waals surface area contributed by atoms with Crippen molar-refractivity contribution in [2.45, 2.75) is 59.5 Å². The van der Waals surface area contributed by atoms with Crippen LogP contribution >= 0.6 is 0 Å². The van der Waals surface area contributed by atoms with Crippen molar-refractivity contribution in [2.75, 3.05) is 6.61 Å². The maximum Gasteiger partial charge on any atom is 0.161 e. The van der Waals surface area contributed by atoms with E-state index in [4.69, 9.17) is 4.74 Å². The van der Waals surface area contributed by atoms with E-state index in [0.717, 1.165) is 19.3 Å². The van der Waals surface area contributed by atoms with Crippen molar-refractivity contribution >= 4 is 5.78 Å². The Balaban J connectivity index is 4.27. The Kier molecular flexibility index (Phi) is 7.77. The number of hydrogen-bond acceptors (Lipinski definition) is 2. The molecule has 84 valence electrons. The molecule has 0 bridgehead atoms. The van der Waals surface area contributed by atoms with Crippen LogP contribution in [0.15, 0.2) is 0 Å². The van der Waals surface area contributed by atoms with Crippen molar-refractivity contribution in [3.05, 3.63) is 0 Å². The maximum absolute atomic E-state index is 11.7. The van der Waals surface area contributed by atoms with Gasteiger partial charge < -0.3 is 4.74 Å². The first-order valence-electron chi connectivity index (χ1n) is 5.85. The van der Waals surface area contributed by atoms with E-state index in [1.165, 1.54) is 0 Å². The Hall–Kier alpha value is -0.370. The predicted molar refractivity (Wildman–Crippen MR) is 59.4 cm³/mol. The molecule has 0 aromatic carbocycles. The zero-order valence-corrected chi connectivity index (χ0v) is 10.0. The lowest BCUT2D eigenvalue weighted by molar-refractivity contribution is -0.134. The fourth-order valence-electron chi connectivity index (χ4n) is 1.65. The number of hydrogen-bond donors (Lipinski definition) is 0. The monoisotopic (exact) mass is 200 g/mol. The van der Waals surface area contributed by atoms with E-state index in [9.17, 15) is 4.79 Å². The summed E-state index contributed by atoms with van der Waals surface area (Å²) < 4.78 is 5.64. The molecule has 0 spiro atoms. The molecule has 1 unspecified atom stereocenters. The van der Waals surface area contributed by atoms with E-state index < -0.39 is 0 Å². The van der Waals surface area contributed by atoms with Gasteiger partial charge in [0.05, 0.1) is 0 Å². The SMILES string of the molecule is CCCOC(C(=O)CC)C(CC)CC. The molecule has 0 aliphatic carbocycles. The molecule has 0 rings (SSSR count). The average molecular weight is 200 g/mol. The number of carbonyl (C=O) groups excluding carboxylic acids is 1. The van der Waals surface area contributed by atoms with Crippen LogP contribution in [-0.2, 0) is 9.53 Å². The van der Waals surface area contributed by atoms with Crippen LogP contribution in [0.1, 0.15) is 53.4 Å². The lowest BCUT2D eigenvalue weighted by Crippen LogP contribution is -2.32. The zero-order chi connectivity index (χ0) is 11.0. The van der Waals surface area contributed by atoms with Crippen molar-refractivity contribution in [3.63, 3.8) is 0 Å². The van der Waals surface area contributed by atoms with Gasteiger partial charge in [-0.2, -0.15) is 0 Å². The Morgan fingerprint density at radius 3 is 2.07 bits per heavy atom. The molecule has 0 aliphatic heterocycles. The molecule has 0 radical (unpaired) electrons. The van der Waals surface area contributed by atoms with Crippen LogP contribution in [0.3, 0.4) is 0 Å². The summed E-state index contributed by atoms with van der Waals surface area (Å²) in [6.45, 7) is 8.93. The number of ketones is 1. The maximum atomic E-state index is 11.7. The summed E-state index contributed by atoms with van der Waals surface area (Å²) in [5, 5.41) is 0. The molecule has 0 aromatic rings. The molecule has 0 amide bonds. The third kappa shape index (κ3) is 4.23. The minimum absolute atomic E-state index is 0.157. The fraction of sp³-hybridized carbons (Fsp3) is 0.917. The lowest BCUT2D eigenvalue weighted by atomic mass is 9.92. The van der Waals surface area contributed by atoms with Crippen molar-refractivity contribution in [1.82, 2.24) is 0 Å². The van der Waals surface area contributed by atoms with Crippen LogP contribution in [0.25, 0.3) is 0 Å². The molecule has 0 N–H and O–H groups in total. The second-order valence-electron chi connectivity index (χ2n) is 3.69. The van der Waals surface area contributed by atoms with Crippen molar-refractivity contribution in [1.29, 1.82) is 0 Å². The largest absolute Gasteiger partial charge is 0.370 e. The van der Waals surface area contributed by atoms with Gasteiger partial charge in [-0.3, -0.25) is 4.79 Å². The highest BCUT2D eigenvalue weighted by Crippen LogP contribution is 2.18. The van der Waals surface area contributed by atoms with E-state index in [1.807, 2.05) is 6.92 Å². The van der Waals surface area contributed by atoms with Crippen LogP contribution in [0.2, 0.25) is 0 Å². The van der Waals surface area contributed by atoms with Gasteiger partial charge in [0.2, 0.25) is 0 Å². The van der Waals surface area contributed by atoms with Gasteiger partial charge in [0.25, 0.3) is 0 Å². The molecular weight excluding hydrogens is 176 g/mol. The zero-order valence-electron chi connectivity index (χ0n) is 10.0. The van der Waals surface area contributed by atoms with Gasteiger partial charge in [0.1, 0.15) is 6.10 Å². The average Bonchev–Trinajstić information content (AvgIpc) is 2.23. The smallest absolute Gasteiger partial charge is 0.161 e. The van der Waals surface area contributed by atoms with E-state index >= 15 is 0 Å². The summed E-state index contributed by atoms with van der Waals surface area (Å²) in [5.74, 6) is 0.654. The van der Waals surface area contributed by atoms with Crippen molar-refractivity contribution in [3.8, 4) is 0 Å². The molecule has 2 nitrogen and oxygen atoms in total. The van der Waals surface area contributed by atoms with E-state index in [0.29, 0.717) is 18.9 Å². The van der Waals surface area contributed by atoms with E-state index in [2.05, 4.69) is 20.8 Å². The van der Waals surface area contributed by atoms with Crippen molar-refractivity contribution < 1.29 is 9.53 Å². The van der Waals surface area contributed by atoms with Gasteiger partial charge in [0.15, 0.2) is 5.78 Å². The van der Waals surface area contributed by atoms with Gasteiger partial charge in [-0.1, -0.05) is 40.5 Å². The van der Waals surface area contributed by atoms with Gasteiger partial charge in [-0.25, -0.2) is 0 Å². The van der Waals surface area contributed by atoms with Crippen molar-refractivity contribution in [2.24, 2.45) is 5.92 Å². The van der Waals surface area contributed by atoms with E-state index in [-0.39, 0.29) is 11.9 Å². The standard InChI is InChI=1S/C12H24O2/c1-5-9-14-12(11(13)8-4)10(6-2)7-3/h10,12H,5-9H2,1-4H3. The number of Topliss-reactive ketones (excluding diaryl/α,β-unsaturated/α-hetero) is 1. The first-order chi connectivity index (χ1) is 6.71. The van der Waals surface area contributed by atoms with Crippen LogP contribution in [0.5, 0.6) is 0 Å². The highest BCUT2D eigenvalue weighted by atomic mass is 16.5. The fourth-order valence-corrected chi connectivity index (χ4v) is 1.65. The molecule has 0 heterocycles. The summed E-state index contributed by atoms with van der Waals surface area (Å²) in [6.07, 6.45) is 3.46. The second-order valence-corrected chi connectivity index (χ2v) is 3.69. The molecular formula is C12H24O2.